The molecule has 17 heavy (non-hydrogen) atoms. The van der Waals surface area contributed by atoms with E-state index in [0.717, 1.165) is 17.8 Å². The predicted octanol–water partition coefficient (Wildman–Crippen LogP) is 1.28. The summed E-state index contributed by atoms with van der Waals surface area (Å²) in [6, 6.07) is 2.24. The molecule has 0 spiro atoms. The topological polar surface area (TPSA) is 58.4 Å². The van der Waals surface area contributed by atoms with Crippen LogP contribution in [-0.4, -0.2) is 38.3 Å². The largest absolute Gasteiger partial charge is 0.480 e. The van der Waals surface area contributed by atoms with Crippen molar-refractivity contribution in [3.63, 3.8) is 0 Å². The summed E-state index contributed by atoms with van der Waals surface area (Å²) in [7, 11) is 1.90. The highest BCUT2D eigenvalue weighted by atomic mass is 16.4. The number of rotatable bonds is 6. The number of carbonyl (C=O) groups is 1. The van der Waals surface area contributed by atoms with E-state index in [-0.39, 0.29) is 12.6 Å². The van der Waals surface area contributed by atoms with Crippen molar-refractivity contribution in [2.24, 2.45) is 7.05 Å². The number of aromatic nitrogens is 2. The fourth-order valence-corrected chi connectivity index (χ4v) is 1.70. The van der Waals surface area contributed by atoms with Crippen molar-refractivity contribution in [1.82, 2.24) is 14.7 Å². The van der Waals surface area contributed by atoms with Crippen LogP contribution in [0, 0.1) is 0 Å². The molecular formula is C12H21N3O2. The summed E-state index contributed by atoms with van der Waals surface area (Å²) in [5.41, 5.74) is 2.10. The Labute approximate surface area is 102 Å². The highest BCUT2D eigenvalue weighted by Gasteiger charge is 2.16. The number of hydrogen-bond donors (Lipinski definition) is 1. The molecule has 96 valence electrons. The smallest absolute Gasteiger partial charge is 0.317 e. The summed E-state index contributed by atoms with van der Waals surface area (Å²) < 4.78 is 1.83. The van der Waals surface area contributed by atoms with Gasteiger partial charge in [-0.1, -0.05) is 6.92 Å². The van der Waals surface area contributed by atoms with Crippen LogP contribution in [-0.2, 0) is 24.8 Å². The summed E-state index contributed by atoms with van der Waals surface area (Å²) in [5, 5.41) is 13.2. The van der Waals surface area contributed by atoms with Gasteiger partial charge in [-0.25, -0.2) is 0 Å². The lowest BCUT2D eigenvalue weighted by Gasteiger charge is -2.24. The molecular weight excluding hydrogens is 218 g/mol. The van der Waals surface area contributed by atoms with E-state index in [1.54, 1.807) is 0 Å². The Morgan fingerprint density at radius 1 is 1.59 bits per heavy atom. The molecule has 0 bridgehead atoms. The van der Waals surface area contributed by atoms with Crippen LogP contribution < -0.4 is 0 Å². The van der Waals surface area contributed by atoms with Crippen molar-refractivity contribution in [1.29, 1.82) is 0 Å². The molecule has 5 nitrogen and oxygen atoms in total. The maximum absolute atomic E-state index is 10.8. The van der Waals surface area contributed by atoms with Crippen molar-refractivity contribution in [2.45, 2.75) is 39.8 Å². The third-order valence-corrected chi connectivity index (χ3v) is 2.82. The maximum atomic E-state index is 10.8. The zero-order chi connectivity index (χ0) is 13.0. The molecule has 1 aromatic rings. The molecule has 1 rings (SSSR count). The first-order chi connectivity index (χ1) is 7.93. The minimum atomic E-state index is -0.795. The van der Waals surface area contributed by atoms with E-state index in [9.17, 15) is 4.79 Å². The van der Waals surface area contributed by atoms with Crippen LogP contribution >= 0.6 is 0 Å². The normalized spacial score (nSPS) is 11.4. The number of nitrogens with zero attached hydrogens (tertiary/aromatic N) is 3. The number of aliphatic carboxylic acids is 1. The first-order valence-electron chi connectivity index (χ1n) is 5.91. The van der Waals surface area contributed by atoms with E-state index in [0.29, 0.717) is 6.54 Å². The van der Waals surface area contributed by atoms with Crippen LogP contribution in [0.25, 0.3) is 0 Å². The lowest BCUT2D eigenvalue weighted by molar-refractivity contribution is -0.139. The van der Waals surface area contributed by atoms with Gasteiger partial charge < -0.3 is 5.11 Å². The summed E-state index contributed by atoms with van der Waals surface area (Å²) in [6.45, 7) is 6.74. The highest BCUT2D eigenvalue weighted by molar-refractivity contribution is 5.69. The number of carboxylic acids is 1. The molecule has 0 atom stereocenters. The van der Waals surface area contributed by atoms with E-state index < -0.39 is 5.97 Å². The minimum absolute atomic E-state index is 0.0598. The molecule has 0 amide bonds. The first-order valence-corrected chi connectivity index (χ1v) is 5.91. The average Bonchev–Trinajstić information content (AvgIpc) is 2.58. The Morgan fingerprint density at radius 2 is 2.24 bits per heavy atom. The molecule has 0 saturated heterocycles. The van der Waals surface area contributed by atoms with Gasteiger partial charge in [0.1, 0.15) is 0 Å². The lowest BCUT2D eigenvalue weighted by Crippen LogP contribution is -2.35. The fourth-order valence-electron chi connectivity index (χ4n) is 1.70. The van der Waals surface area contributed by atoms with Crippen LogP contribution in [0.4, 0.5) is 0 Å². The van der Waals surface area contributed by atoms with Crippen LogP contribution in [0.5, 0.6) is 0 Å². The Balaban J connectivity index is 2.78. The number of hydrogen-bond acceptors (Lipinski definition) is 3. The molecule has 0 aliphatic heterocycles. The Bertz CT molecular complexity index is 385. The molecule has 1 heterocycles. The predicted molar refractivity (Wildman–Crippen MR) is 65.8 cm³/mol. The molecule has 0 aliphatic carbocycles. The maximum Gasteiger partial charge on any atom is 0.317 e. The van der Waals surface area contributed by atoms with E-state index in [1.807, 2.05) is 36.5 Å². The van der Waals surface area contributed by atoms with Gasteiger partial charge in [-0.3, -0.25) is 14.4 Å². The van der Waals surface area contributed by atoms with Gasteiger partial charge in [-0.15, -0.1) is 0 Å². The SMILES string of the molecule is CCc1cc(CN(CC(=O)O)C(C)C)n(C)n1. The Morgan fingerprint density at radius 3 is 2.65 bits per heavy atom. The molecule has 1 aromatic heterocycles. The molecule has 0 radical (unpaired) electrons. The summed E-state index contributed by atoms with van der Waals surface area (Å²) in [4.78, 5) is 12.7. The van der Waals surface area contributed by atoms with Crippen molar-refractivity contribution in [3.8, 4) is 0 Å². The van der Waals surface area contributed by atoms with Crippen LogP contribution in [0.3, 0.4) is 0 Å². The van der Waals surface area contributed by atoms with Crippen LogP contribution in [0.15, 0.2) is 6.07 Å². The van der Waals surface area contributed by atoms with E-state index >= 15 is 0 Å². The molecule has 0 unspecified atom stereocenters. The van der Waals surface area contributed by atoms with Crippen molar-refractivity contribution in [2.75, 3.05) is 6.54 Å². The third kappa shape index (κ3) is 3.85. The third-order valence-electron chi connectivity index (χ3n) is 2.82. The lowest BCUT2D eigenvalue weighted by atomic mass is 10.2. The van der Waals surface area contributed by atoms with Gasteiger partial charge in [0, 0.05) is 19.6 Å². The van der Waals surface area contributed by atoms with E-state index in [4.69, 9.17) is 5.11 Å². The van der Waals surface area contributed by atoms with Gasteiger partial charge in [-0.05, 0) is 26.3 Å². The second-order valence-electron chi connectivity index (χ2n) is 4.50. The summed E-state index contributed by atoms with van der Waals surface area (Å²) in [6.07, 6.45) is 0.897. The van der Waals surface area contributed by atoms with Gasteiger partial charge in [-0.2, -0.15) is 5.10 Å². The van der Waals surface area contributed by atoms with Gasteiger partial charge in [0.25, 0.3) is 0 Å². The van der Waals surface area contributed by atoms with Crippen LogP contribution in [0.2, 0.25) is 0 Å². The molecule has 5 heteroatoms. The summed E-state index contributed by atoms with van der Waals surface area (Å²) in [5.74, 6) is -0.795. The fraction of sp³-hybridized carbons (Fsp3) is 0.667. The highest BCUT2D eigenvalue weighted by Crippen LogP contribution is 2.10. The standard InChI is InChI=1S/C12H21N3O2/c1-5-10-6-11(14(4)13-10)7-15(9(2)3)8-12(16)17/h6,9H,5,7-8H2,1-4H3,(H,16,17). The minimum Gasteiger partial charge on any atom is -0.480 e. The van der Waals surface area contributed by atoms with Crippen LogP contribution in [0.1, 0.15) is 32.2 Å². The second kappa shape index (κ2) is 5.82. The monoisotopic (exact) mass is 239 g/mol. The zero-order valence-electron chi connectivity index (χ0n) is 11.0. The molecule has 0 aromatic carbocycles. The molecule has 0 aliphatic rings. The van der Waals surface area contributed by atoms with Crippen molar-refractivity contribution in [3.05, 3.63) is 17.5 Å². The van der Waals surface area contributed by atoms with Gasteiger partial charge in [0.2, 0.25) is 0 Å². The quantitative estimate of drug-likeness (QED) is 0.812. The number of aryl methyl sites for hydroxylation is 2. The molecule has 1 N–H and O–H groups in total. The van der Waals surface area contributed by atoms with E-state index in [1.165, 1.54) is 0 Å². The van der Waals surface area contributed by atoms with Gasteiger partial charge in [0.15, 0.2) is 0 Å². The van der Waals surface area contributed by atoms with Crippen molar-refractivity contribution < 1.29 is 9.90 Å². The van der Waals surface area contributed by atoms with Crippen molar-refractivity contribution >= 4 is 5.97 Å². The number of carboxylic acid groups (broad SMARTS) is 1. The van der Waals surface area contributed by atoms with Gasteiger partial charge >= 0.3 is 5.97 Å². The zero-order valence-corrected chi connectivity index (χ0v) is 11.0. The Hall–Kier alpha value is -1.36. The first kappa shape index (κ1) is 13.7. The second-order valence-corrected chi connectivity index (χ2v) is 4.50. The van der Waals surface area contributed by atoms with E-state index in [2.05, 4.69) is 12.0 Å². The average molecular weight is 239 g/mol. The Kier molecular flexibility index (Phi) is 4.69. The summed E-state index contributed by atoms with van der Waals surface area (Å²) >= 11 is 0. The van der Waals surface area contributed by atoms with Gasteiger partial charge in [0.05, 0.1) is 17.9 Å². The molecule has 0 fully saturated rings. The molecule has 0 saturated carbocycles.